The standard InChI is InChI=1S/C25H28Cl2N2O5/c1-5-32-23(30)21-22(33-13-12-28-24(31)34-25(2,3)4)17-8-6-7-9-20(17)29(21)15-16-10-11-18(26)19(27)14-16/h6-11,14H,5,12-13,15H2,1-4H3,(H,28,31). The summed E-state index contributed by atoms with van der Waals surface area (Å²) < 4.78 is 18.4. The van der Waals surface area contributed by atoms with Crippen LogP contribution in [0.5, 0.6) is 5.75 Å². The number of para-hydroxylation sites is 1. The minimum Gasteiger partial charge on any atom is -0.489 e. The van der Waals surface area contributed by atoms with Gasteiger partial charge in [-0.05, 0) is 57.5 Å². The zero-order chi connectivity index (χ0) is 24.9. The number of ether oxygens (including phenoxy) is 3. The van der Waals surface area contributed by atoms with E-state index in [-0.39, 0.29) is 25.5 Å². The maximum absolute atomic E-state index is 13.0. The Balaban J connectivity index is 1.92. The van der Waals surface area contributed by atoms with Crippen LogP contribution in [0.2, 0.25) is 10.0 Å². The lowest BCUT2D eigenvalue weighted by Crippen LogP contribution is -2.34. The number of fused-ring (bicyclic) bond motifs is 1. The molecule has 0 saturated carbocycles. The minimum atomic E-state index is -0.597. The third-order valence-electron chi connectivity index (χ3n) is 4.73. The molecule has 0 aliphatic rings. The third kappa shape index (κ3) is 6.36. The second-order valence-electron chi connectivity index (χ2n) is 8.53. The molecular weight excluding hydrogens is 479 g/mol. The van der Waals surface area contributed by atoms with Gasteiger partial charge >= 0.3 is 12.1 Å². The van der Waals surface area contributed by atoms with Gasteiger partial charge < -0.3 is 24.1 Å². The van der Waals surface area contributed by atoms with Gasteiger partial charge in [-0.1, -0.05) is 41.4 Å². The maximum Gasteiger partial charge on any atom is 0.407 e. The summed E-state index contributed by atoms with van der Waals surface area (Å²) in [6, 6.07) is 12.9. The molecule has 3 rings (SSSR count). The second kappa shape index (κ2) is 11.0. The fourth-order valence-corrected chi connectivity index (χ4v) is 3.75. The molecular formula is C25H28Cl2N2O5. The zero-order valence-electron chi connectivity index (χ0n) is 19.6. The summed E-state index contributed by atoms with van der Waals surface area (Å²) in [5, 5.41) is 4.29. The number of alkyl carbamates (subject to hydrolysis) is 1. The molecule has 0 spiro atoms. The average Bonchev–Trinajstić information content (AvgIpc) is 3.06. The summed E-state index contributed by atoms with van der Waals surface area (Å²) in [5.41, 5.74) is 1.34. The normalized spacial score (nSPS) is 11.4. The van der Waals surface area contributed by atoms with E-state index in [2.05, 4.69) is 5.32 Å². The Kier molecular flexibility index (Phi) is 8.33. The van der Waals surface area contributed by atoms with Crippen molar-refractivity contribution in [3.05, 3.63) is 63.8 Å². The van der Waals surface area contributed by atoms with Crippen molar-refractivity contribution in [1.29, 1.82) is 0 Å². The molecule has 2 aromatic carbocycles. The summed E-state index contributed by atoms with van der Waals surface area (Å²) >= 11 is 12.3. The van der Waals surface area contributed by atoms with Gasteiger partial charge in [0, 0.05) is 11.9 Å². The first-order chi connectivity index (χ1) is 16.1. The molecule has 1 N–H and O–H groups in total. The molecule has 1 amide bonds. The Labute approximate surface area is 208 Å². The lowest BCUT2D eigenvalue weighted by Gasteiger charge is -2.19. The Morgan fingerprint density at radius 1 is 1.06 bits per heavy atom. The predicted molar refractivity (Wildman–Crippen MR) is 133 cm³/mol. The highest BCUT2D eigenvalue weighted by Gasteiger charge is 2.26. The number of aromatic nitrogens is 1. The molecule has 7 nitrogen and oxygen atoms in total. The predicted octanol–water partition coefficient (Wildman–Crippen LogP) is 6.08. The lowest BCUT2D eigenvalue weighted by molar-refractivity contribution is 0.0495. The van der Waals surface area contributed by atoms with Crippen LogP contribution in [0.15, 0.2) is 42.5 Å². The Hall–Kier alpha value is -2.90. The van der Waals surface area contributed by atoms with E-state index in [1.165, 1.54) is 0 Å². The number of nitrogens with zero attached hydrogens (tertiary/aromatic N) is 1. The van der Waals surface area contributed by atoms with Gasteiger partial charge in [-0.2, -0.15) is 0 Å². The molecule has 0 aliphatic carbocycles. The van der Waals surface area contributed by atoms with Crippen molar-refractivity contribution in [3.8, 4) is 5.75 Å². The van der Waals surface area contributed by atoms with Gasteiger partial charge in [0.15, 0.2) is 11.4 Å². The van der Waals surface area contributed by atoms with E-state index in [1.54, 1.807) is 39.8 Å². The van der Waals surface area contributed by atoms with Crippen LogP contribution in [0.1, 0.15) is 43.7 Å². The van der Waals surface area contributed by atoms with Crippen LogP contribution in [-0.4, -0.2) is 42.0 Å². The van der Waals surface area contributed by atoms with Crippen LogP contribution in [0.3, 0.4) is 0 Å². The first-order valence-electron chi connectivity index (χ1n) is 10.9. The number of benzene rings is 2. The molecule has 0 radical (unpaired) electrons. The molecule has 9 heteroatoms. The van der Waals surface area contributed by atoms with Crippen molar-refractivity contribution in [2.75, 3.05) is 19.8 Å². The first kappa shape index (κ1) is 25.7. The molecule has 0 fully saturated rings. The molecule has 0 saturated heterocycles. The fourth-order valence-electron chi connectivity index (χ4n) is 3.43. The van der Waals surface area contributed by atoms with E-state index in [0.717, 1.165) is 16.5 Å². The topological polar surface area (TPSA) is 78.8 Å². The summed E-state index contributed by atoms with van der Waals surface area (Å²) in [7, 11) is 0. The molecule has 0 aliphatic heterocycles. The largest absolute Gasteiger partial charge is 0.489 e. The third-order valence-corrected chi connectivity index (χ3v) is 5.47. The smallest absolute Gasteiger partial charge is 0.407 e. The minimum absolute atomic E-state index is 0.131. The number of esters is 1. The number of rotatable bonds is 8. The molecule has 1 heterocycles. The molecule has 0 unspecified atom stereocenters. The summed E-state index contributed by atoms with van der Waals surface area (Å²) in [6.45, 7) is 8.01. The highest BCUT2D eigenvalue weighted by Crippen LogP contribution is 2.35. The summed E-state index contributed by atoms with van der Waals surface area (Å²) in [4.78, 5) is 24.9. The van der Waals surface area contributed by atoms with Gasteiger partial charge in [-0.15, -0.1) is 0 Å². The van der Waals surface area contributed by atoms with Crippen molar-refractivity contribution in [2.45, 2.75) is 39.8 Å². The summed E-state index contributed by atoms with van der Waals surface area (Å²) in [6.07, 6.45) is -0.538. The molecule has 0 bridgehead atoms. The average molecular weight is 507 g/mol. The number of carbonyl (C=O) groups excluding carboxylic acids is 2. The van der Waals surface area contributed by atoms with Crippen LogP contribution >= 0.6 is 23.2 Å². The van der Waals surface area contributed by atoms with Crippen molar-refractivity contribution >= 4 is 46.2 Å². The maximum atomic E-state index is 13.0. The first-order valence-corrected chi connectivity index (χ1v) is 11.7. The van der Waals surface area contributed by atoms with E-state index in [1.807, 2.05) is 34.9 Å². The number of nitrogens with one attached hydrogen (secondary N) is 1. The quantitative estimate of drug-likeness (QED) is 0.296. The van der Waals surface area contributed by atoms with Crippen LogP contribution < -0.4 is 10.1 Å². The van der Waals surface area contributed by atoms with Gasteiger partial charge in [0.2, 0.25) is 0 Å². The highest BCUT2D eigenvalue weighted by atomic mass is 35.5. The molecule has 182 valence electrons. The van der Waals surface area contributed by atoms with Crippen molar-refractivity contribution in [3.63, 3.8) is 0 Å². The second-order valence-corrected chi connectivity index (χ2v) is 9.34. The van der Waals surface area contributed by atoms with Crippen LogP contribution in [0.4, 0.5) is 4.79 Å². The van der Waals surface area contributed by atoms with E-state index in [9.17, 15) is 9.59 Å². The van der Waals surface area contributed by atoms with Crippen molar-refractivity contribution in [1.82, 2.24) is 9.88 Å². The molecule has 0 atom stereocenters. The lowest BCUT2D eigenvalue weighted by atomic mass is 10.2. The van der Waals surface area contributed by atoms with Crippen LogP contribution in [0.25, 0.3) is 10.9 Å². The SMILES string of the molecule is CCOC(=O)c1c(OCCNC(=O)OC(C)(C)C)c2ccccc2n1Cc1ccc(Cl)c(Cl)c1. The van der Waals surface area contributed by atoms with Crippen LogP contribution in [-0.2, 0) is 16.0 Å². The van der Waals surface area contributed by atoms with Gasteiger partial charge in [0.1, 0.15) is 12.2 Å². The van der Waals surface area contributed by atoms with Gasteiger partial charge in [0.05, 0.1) is 28.7 Å². The van der Waals surface area contributed by atoms with Crippen molar-refractivity contribution < 1.29 is 23.8 Å². The molecule has 34 heavy (non-hydrogen) atoms. The van der Waals surface area contributed by atoms with Crippen LogP contribution in [0, 0.1) is 0 Å². The summed E-state index contributed by atoms with van der Waals surface area (Å²) in [5.74, 6) is -0.117. The Morgan fingerprint density at radius 2 is 1.79 bits per heavy atom. The number of carbonyl (C=O) groups is 2. The van der Waals surface area contributed by atoms with Gasteiger partial charge in [-0.3, -0.25) is 0 Å². The number of hydrogen-bond acceptors (Lipinski definition) is 5. The van der Waals surface area contributed by atoms with E-state index in [0.29, 0.717) is 22.3 Å². The molecule has 3 aromatic rings. The Bertz CT molecular complexity index is 1180. The van der Waals surface area contributed by atoms with E-state index >= 15 is 0 Å². The zero-order valence-corrected chi connectivity index (χ0v) is 21.1. The monoisotopic (exact) mass is 506 g/mol. The highest BCUT2D eigenvalue weighted by molar-refractivity contribution is 6.42. The van der Waals surface area contributed by atoms with Crippen molar-refractivity contribution in [2.24, 2.45) is 0 Å². The van der Waals surface area contributed by atoms with Gasteiger partial charge in [0.25, 0.3) is 0 Å². The number of hydrogen-bond donors (Lipinski definition) is 1. The van der Waals surface area contributed by atoms with E-state index in [4.69, 9.17) is 37.4 Å². The van der Waals surface area contributed by atoms with E-state index < -0.39 is 17.7 Å². The van der Waals surface area contributed by atoms with Gasteiger partial charge in [-0.25, -0.2) is 9.59 Å². The Morgan fingerprint density at radius 3 is 2.47 bits per heavy atom. The fraction of sp³-hybridized carbons (Fsp3) is 0.360. The number of halogens is 2. The molecule has 1 aromatic heterocycles. The number of amides is 1.